The van der Waals surface area contributed by atoms with Crippen LogP contribution >= 0.6 is 11.6 Å². The van der Waals surface area contributed by atoms with Gasteiger partial charge in [-0.05, 0) is 26.0 Å². The van der Waals surface area contributed by atoms with Crippen LogP contribution in [0, 0.1) is 11.3 Å². The minimum atomic E-state index is -1.17. The predicted molar refractivity (Wildman–Crippen MR) is 77.0 cm³/mol. The predicted octanol–water partition coefficient (Wildman–Crippen LogP) is 2.81. The maximum atomic E-state index is 11.6. The molecule has 0 fully saturated rings. The first-order chi connectivity index (χ1) is 9.86. The molecule has 0 bridgehead atoms. The summed E-state index contributed by atoms with van der Waals surface area (Å²) in [7, 11) is 0. The Bertz CT molecular complexity index is 632. The first-order valence-electron chi connectivity index (χ1n) is 5.96. The highest BCUT2D eigenvalue weighted by Gasteiger charge is 2.14. The summed E-state index contributed by atoms with van der Waals surface area (Å²) in [5, 5.41) is 20.5. The van der Waals surface area contributed by atoms with Crippen LogP contribution in [0.15, 0.2) is 30.0 Å². The standard InChI is InChI=1S/C14H13ClN2O4/c1-8(2)21-14(20)9(6-16)7-17-11-5-3-4-10(12(11)15)13(18)19/h3-5,7-8,17H,1-2H3,(H,18,19). The second kappa shape index (κ2) is 7.31. The van der Waals surface area contributed by atoms with E-state index in [1.165, 1.54) is 18.2 Å². The van der Waals surface area contributed by atoms with Crippen LogP contribution in [0.3, 0.4) is 0 Å². The zero-order chi connectivity index (χ0) is 16.0. The highest BCUT2D eigenvalue weighted by molar-refractivity contribution is 6.36. The number of nitrogens with zero attached hydrogens (tertiary/aromatic N) is 1. The molecule has 1 aromatic carbocycles. The fourth-order valence-corrected chi connectivity index (χ4v) is 1.63. The highest BCUT2D eigenvalue weighted by Crippen LogP contribution is 2.26. The van der Waals surface area contributed by atoms with E-state index in [9.17, 15) is 9.59 Å². The lowest BCUT2D eigenvalue weighted by Crippen LogP contribution is -2.13. The molecule has 0 aliphatic carbocycles. The molecule has 0 aromatic heterocycles. The average Bonchev–Trinajstić information content (AvgIpc) is 2.39. The van der Waals surface area contributed by atoms with Crippen molar-refractivity contribution in [1.29, 1.82) is 5.26 Å². The number of nitriles is 1. The van der Waals surface area contributed by atoms with Gasteiger partial charge in [0.1, 0.15) is 6.07 Å². The quantitative estimate of drug-likeness (QED) is 0.493. The summed E-state index contributed by atoms with van der Waals surface area (Å²) < 4.78 is 4.89. The maximum Gasteiger partial charge on any atom is 0.350 e. The molecule has 7 heteroatoms. The molecule has 0 saturated heterocycles. The monoisotopic (exact) mass is 308 g/mol. The molecule has 0 heterocycles. The van der Waals surface area contributed by atoms with Crippen LogP contribution < -0.4 is 5.32 Å². The minimum absolute atomic E-state index is 0.0178. The fourth-order valence-electron chi connectivity index (χ4n) is 1.37. The molecule has 2 N–H and O–H groups in total. The number of carboxylic acid groups (broad SMARTS) is 1. The second-order valence-corrected chi connectivity index (χ2v) is 4.62. The van der Waals surface area contributed by atoms with Crippen molar-refractivity contribution < 1.29 is 19.4 Å². The molecule has 0 radical (unpaired) electrons. The number of rotatable bonds is 5. The normalized spacial score (nSPS) is 10.9. The molecule has 0 unspecified atom stereocenters. The second-order valence-electron chi connectivity index (χ2n) is 4.24. The summed E-state index contributed by atoms with van der Waals surface area (Å²) in [5.74, 6) is -1.95. The van der Waals surface area contributed by atoms with Crippen LogP contribution in [0.2, 0.25) is 5.02 Å². The number of esters is 1. The van der Waals surface area contributed by atoms with E-state index in [0.717, 1.165) is 6.20 Å². The third-order valence-electron chi connectivity index (χ3n) is 2.28. The average molecular weight is 309 g/mol. The number of ether oxygens (including phenoxy) is 1. The number of halogens is 1. The van der Waals surface area contributed by atoms with Gasteiger partial charge in [-0.15, -0.1) is 0 Å². The Balaban J connectivity index is 2.98. The molecular weight excluding hydrogens is 296 g/mol. The van der Waals surface area contributed by atoms with Crippen molar-refractivity contribution in [2.24, 2.45) is 0 Å². The van der Waals surface area contributed by atoms with Crippen molar-refractivity contribution in [2.45, 2.75) is 20.0 Å². The highest BCUT2D eigenvalue weighted by atomic mass is 35.5. The zero-order valence-electron chi connectivity index (χ0n) is 11.4. The van der Waals surface area contributed by atoms with Gasteiger partial charge in [0.25, 0.3) is 0 Å². The van der Waals surface area contributed by atoms with Crippen molar-refractivity contribution in [3.63, 3.8) is 0 Å². The van der Waals surface area contributed by atoms with Crippen LogP contribution in [-0.4, -0.2) is 23.1 Å². The number of anilines is 1. The van der Waals surface area contributed by atoms with E-state index in [4.69, 9.17) is 26.7 Å². The Morgan fingerprint density at radius 2 is 2.14 bits per heavy atom. The van der Waals surface area contributed by atoms with Gasteiger partial charge in [-0.3, -0.25) is 0 Å². The summed E-state index contributed by atoms with van der Waals surface area (Å²) in [6.45, 7) is 3.32. The molecule has 110 valence electrons. The van der Waals surface area contributed by atoms with E-state index < -0.39 is 11.9 Å². The first-order valence-corrected chi connectivity index (χ1v) is 6.34. The van der Waals surface area contributed by atoms with Crippen molar-refractivity contribution in [3.8, 4) is 6.07 Å². The summed E-state index contributed by atoms with van der Waals surface area (Å²) in [6.07, 6.45) is 0.769. The summed E-state index contributed by atoms with van der Waals surface area (Å²) in [4.78, 5) is 22.5. The molecule has 1 rings (SSSR count). The summed E-state index contributed by atoms with van der Waals surface area (Å²) in [5.41, 5.74) is -0.0690. The number of carbonyl (C=O) groups is 2. The van der Waals surface area contributed by atoms with Crippen molar-refractivity contribution >= 4 is 29.2 Å². The Morgan fingerprint density at radius 1 is 1.48 bits per heavy atom. The van der Waals surface area contributed by atoms with Crippen LogP contribution in [0.4, 0.5) is 5.69 Å². The van der Waals surface area contributed by atoms with E-state index >= 15 is 0 Å². The SMILES string of the molecule is CC(C)OC(=O)C(C#N)=CNc1cccc(C(=O)O)c1Cl. The Kier molecular flexibility index (Phi) is 5.76. The van der Waals surface area contributed by atoms with Gasteiger partial charge in [0.05, 0.1) is 22.4 Å². The maximum absolute atomic E-state index is 11.6. The number of aromatic carboxylic acids is 1. The molecule has 0 atom stereocenters. The van der Waals surface area contributed by atoms with Crippen LogP contribution in [0.5, 0.6) is 0 Å². The lowest BCUT2D eigenvalue weighted by Gasteiger charge is -2.08. The van der Waals surface area contributed by atoms with E-state index in [1.54, 1.807) is 19.9 Å². The van der Waals surface area contributed by atoms with Gasteiger partial charge >= 0.3 is 11.9 Å². The third-order valence-corrected chi connectivity index (χ3v) is 2.69. The zero-order valence-corrected chi connectivity index (χ0v) is 12.1. The van der Waals surface area contributed by atoms with E-state index in [1.807, 2.05) is 0 Å². The van der Waals surface area contributed by atoms with Gasteiger partial charge in [-0.1, -0.05) is 17.7 Å². The Morgan fingerprint density at radius 3 is 2.67 bits per heavy atom. The van der Waals surface area contributed by atoms with Gasteiger partial charge in [0.2, 0.25) is 0 Å². The fraction of sp³-hybridized carbons (Fsp3) is 0.214. The Labute approximate surface area is 126 Å². The molecule has 21 heavy (non-hydrogen) atoms. The molecule has 1 aromatic rings. The largest absolute Gasteiger partial charge is 0.478 e. The van der Waals surface area contributed by atoms with Gasteiger partial charge in [-0.2, -0.15) is 5.26 Å². The topological polar surface area (TPSA) is 99.4 Å². The number of carboxylic acids is 1. The molecule has 6 nitrogen and oxygen atoms in total. The number of nitrogens with one attached hydrogen (secondary N) is 1. The van der Waals surface area contributed by atoms with Crippen molar-refractivity contribution in [3.05, 3.63) is 40.6 Å². The number of carbonyl (C=O) groups excluding carboxylic acids is 1. The van der Waals surface area contributed by atoms with Gasteiger partial charge in [0.15, 0.2) is 5.57 Å². The van der Waals surface area contributed by atoms with Crippen LogP contribution in [-0.2, 0) is 9.53 Å². The van der Waals surface area contributed by atoms with Crippen LogP contribution in [0.25, 0.3) is 0 Å². The van der Waals surface area contributed by atoms with E-state index in [0.29, 0.717) is 0 Å². The van der Waals surface area contributed by atoms with E-state index in [2.05, 4.69) is 5.32 Å². The minimum Gasteiger partial charge on any atom is -0.478 e. The van der Waals surface area contributed by atoms with Crippen LogP contribution in [0.1, 0.15) is 24.2 Å². The van der Waals surface area contributed by atoms with Gasteiger partial charge in [0, 0.05) is 6.20 Å². The number of benzene rings is 1. The molecule has 0 spiro atoms. The summed E-state index contributed by atoms with van der Waals surface area (Å²) >= 11 is 5.92. The van der Waals surface area contributed by atoms with Gasteiger partial charge in [-0.25, -0.2) is 9.59 Å². The lowest BCUT2D eigenvalue weighted by atomic mass is 10.2. The van der Waals surface area contributed by atoms with E-state index in [-0.39, 0.29) is 28.0 Å². The van der Waals surface area contributed by atoms with Crippen molar-refractivity contribution in [1.82, 2.24) is 0 Å². The third kappa shape index (κ3) is 4.51. The lowest BCUT2D eigenvalue weighted by molar-refractivity contribution is -0.142. The summed E-state index contributed by atoms with van der Waals surface area (Å²) in [6, 6.07) is 6.06. The first kappa shape index (κ1) is 16.5. The number of hydrogen-bond acceptors (Lipinski definition) is 5. The van der Waals surface area contributed by atoms with Crippen molar-refractivity contribution in [2.75, 3.05) is 5.32 Å². The Hall–Kier alpha value is -2.52. The molecule has 0 amide bonds. The molecule has 0 saturated carbocycles. The molecule has 0 aliphatic heterocycles. The number of hydrogen-bond donors (Lipinski definition) is 2. The smallest absolute Gasteiger partial charge is 0.350 e. The molecule has 0 aliphatic rings. The van der Waals surface area contributed by atoms with Gasteiger partial charge < -0.3 is 15.2 Å². The molecular formula is C14H13ClN2O4.